The van der Waals surface area contributed by atoms with E-state index in [1.54, 1.807) is 72.9 Å². The van der Waals surface area contributed by atoms with Crippen LogP contribution < -0.4 is 10.1 Å². The first-order chi connectivity index (χ1) is 17.2. The molecule has 0 saturated carbocycles. The third kappa shape index (κ3) is 5.48. The quantitative estimate of drug-likeness (QED) is 0.246. The standard InChI is InChI=1S/C28H28ClFN2O3S/c1-4-26(24-14-15-25(29)28(27(24)30)35-22-8-6-5-7-9-22)31-20(3)21-16-17-32(18-21)36(33,34)23-12-10-19(2)11-13-23/h5-18,20,26,31H,4H2,1-3H3. The second-order valence-corrected chi connectivity index (χ2v) is 10.9. The molecule has 5 nitrogen and oxygen atoms in total. The number of benzene rings is 3. The normalized spacial score (nSPS) is 13.4. The fourth-order valence-corrected chi connectivity index (χ4v) is 5.36. The van der Waals surface area contributed by atoms with Crippen LogP contribution in [0.25, 0.3) is 0 Å². The molecule has 0 aliphatic heterocycles. The van der Waals surface area contributed by atoms with Crippen molar-refractivity contribution in [3.63, 3.8) is 0 Å². The molecule has 8 heteroatoms. The number of rotatable bonds is 9. The van der Waals surface area contributed by atoms with Gasteiger partial charge in [-0.2, -0.15) is 0 Å². The monoisotopic (exact) mass is 526 g/mol. The lowest BCUT2D eigenvalue weighted by Crippen LogP contribution is -2.25. The Morgan fingerprint density at radius 1 is 1.03 bits per heavy atom. The Balaban J connectivity index is 1.55. The Kier molecular flexibility index (Phi) is 7.83. The van der Waals surface area contributed by atoms with Gasteiger partial charge in [-0.3, -0.25) is 0 Å². The maximum atomic E-state index is 15.6. The molecule has 0 fully saturated rings. The molecule has 3 aromatic carbocycles. The number of aromatic nitrogens is 1. The summed E-state index contributed by atoms with van der Waals surface area (Å²) in [7, 11) is -3.70. The molecule has 0 aliphatic carbocycles. The van der Waals surface area contributed by atoms with Crippen molar-refractivity contribution in [3.8, 4) is 11.5 Å². The predicted octanol–water partition coefficient (Wildman–Crippen LogP) is 7.42. The van der Waals surface area contributed by atoms with Crippen molar-refractivity contribution in [3.05, 3.63) is 113 Å². The van der Waals surface area contributed by atoms with Gasteiger partial charge in [0, 0.05) is 30.0 Å². The van der Waals surface area contributed by atoms with Crippen molar-refractivity contribution in [2.24, 2.45) is 0 Å². The van der Waals surface area contributed by atoms with Crippen molar-refractivity contribution in [1.29, 1.82) is 0 Å². The molecule has 1 N–H and O–H groups in total. The lowest BCUT2D eigenvalue weighted by atomic mass is 10.0. The van der Waals surface area contributed by atoms with Gasteiger partial charge in [0.25, 0.3) is 10.0 Å². The van der Waals surface area contributed by atoms with Crippen LogP contribution in [0.4, 0.5) is 4.39 Å². The van der Waals surface area contributed by atoms with E-state index in [4.69, 9.17) is 16.3 Å². The molecular formula is C28H28ClFN2O3S. The van der Waals surface area contributed by atoms with E-state index in [0.717, 1.165) is 11.1 Å². The van der Waals surface area contributed by atoms with Gasteiger partial charge in [-0.05, 0) is 62.2 Å². The Bertz CT molecular complexity index is 1440. The van der Waals surface area contributed by atoms with Crippen LogP contribution in [-0.4, -0.2) is 12.4 Å². The first kappa shape index (κ1) is 25.9. The van der Waals surface area contributed by atoms with E-state index >= 15 is 4.39 Å². The van der Waals surface area contributed by atoms with E-state index in [9.17, 15) is 8.42 Å². The van der Waals surface area contributed by atoms with Gasteiger partial charge in [0.15, 0.2) is 11.6 Å². The van der Waals surface area contributed by atoms with Gasteiger partial charge in [-0.25, -0.2) is 16.8 Å². The molecule has 4 aromatic rings. The minimum absolute atomic E-state index is 0.0244. The number of para-hydroxylation sites is 1. The fraction of sp³-hybridized carbons (Fsp3) is 0.214. The number of aryl methyl sites for hydroxylation is 1. The Morgan fingerprint density at radius 3 is 2.39 bits per heavy atom. The maximum Gasteiger partial charge on any atom is 0.267 e. The van der Waals surface area contributed by atoms with Gasteiger partial charge in [-0.1, -0.05) is 60.5 Å². The molecule has 1 heterocycles. The van der Waals surface area contributed by atoms with E-state index in [1.165, 1.54) is 10.2 Å². The van der Waals surface area contributed by atoms with E-state index in [0.29, 0.717) is 17.7 Å². The van der Waals surface area contributed by atoms with Gasteiger partial charge < -0.3 is 10.1 Å². The summed E-state index contributed by atoms with van der Waals surface area (Å²) < 4.78 is 48.5. The minimum Gasteiger partial charge on any atom is -0.453 e. The highest BCUT2D eigenvalue weighted by molar-refractivity contribution is 7.90. The van der Waals surface area contributed by atoms with Gasteiger partial charge >= 0.3 is 0 Å². The van der Waals surface area contributed by atoms with Crippen LogP contribution in [0.2, 0.25) is 5.02 Å². The number of ether oxygens (including phenoxy) is 1. The molecule has 188 valence electrons. The maximum absolute atomic E-state index is 15.6. The molecule has 4 rings (SSSR count). The summed E-state index contributed by atoms with van der Waals surface area (Å²) in [5.74, 6) is -0.0676. The van der Waals surface area contributed by atoms with Crippen molar-refractivity contribution in [2.75, 3.05) is 0 Å². The second-order valence-electron chi connectivity index (χ2n) is 8.64. The molecule has 0 aliphatic rings. The molecule has 2 unspecified atom stereocenters. The highest BCUT2D eigenvalue weighted by Gasteiger charge is 2.23. The Morgan fingerprint density at radius 2 is 1.72 bits per heavy atom. The number of hydrogen-bond donors (Lipinski definition) is 1. The predicted molar refractivity (Wildman–Crippen MR) is 141 cm³/mol. The molecule has 0 saturated heterocycles. The number of halogens is 2. The van der Waals surface area contributed by atoms with E-state index in [1.807, 2.05) is 26.8 Å². The number of nitrogens with zero attached hydrogens (tertiary/aromatic N) is 1. The van der Waals surface area contributed by atoms with E-state index in [2.05, 4.69) is 5.32 Å². The molecule has 36 heavy (non-hydrogen) atoms. The van der Waals surface area contributed by atoms with Crippen LogP contribution in [0.5, 0.6) is 11.5 Å². The van der Waals surface area contributed by atoms with Crippen LogP contribution in [0, 0.1) is 12.7 Å². The fourth-order valence-electron chi connectivity index (χ4n) is 3.97. The first-order valence-electron chi connectivity index (χ1n) is 11.7. The summed E-state index contributed by atoms with van der Waals surface area (Å²) >= 11 is 6.26. The van der Waals surface area contributed by atoms with Crippen molar-refractivity contribution < 1.29 is 17.5 Å². The molecule has 1 aromatic heterocycles. The average molecular weight is 527 g/mol. The summed E-state index contributed by atoms with van der Waals surface area (Å²) in [6, 6.07) is 20.0. The van der Waals surface area contributed by atoms with Gasteiger partial charge in [0.05, 0.1) is 9.92 Å². The highest BCUT2D eigenvalue weighted by Crippen LogP contribution is 2.37. The van der Waals surface area contributed by atoms with Crippen molar-refractivity contribution in [2.45, 2.75) is 44.2 Å². The number of nitrogens with one attached hydrogen (secondary N) is 1. The van der Waals surface area contributed by atoms with E-state index in [-0.39, 0.29) is 27.8 Å². The second kappa shape index (κ2) is 10.9. The van der Waals surface area contributed by atoms with Crippen LogP contribution in [0.15, 0.2) is 90.1 Å². The topological polar surface area (TPSA) is 60.3 Å². The molecule has 0 radical (unpaired) electrons. The molecular weight excluding hydrogens is 499 g/mol. The molecule has 0 spiro atoms. The van der Waals surface area contributed by atoms with Gasteiger partial charge in [0.2, 0.25) is 0 Å². The zero-order valence-electron chi connectivity index (χ0n) is 20.3. The van der Waals surface area contributed by atoms with Crippen LogP contribution in [-0.2, 0) is 10.0 Å². The molecule has 0 bridgehead atoms. The highest BCUT2D eigenvalue weighted by atomic mass is 35.5. The Hall–Kier alpha value is -3.13. The van der Waals surface area contributed by atoms with E-state index < -0.39 is 15.8 Å². The summed E-state index contributed by atoms with van der Waals surface area (Å²) in [6.45, 7) is 5.77. The lowest BCUT2D eigenvalue weighted by Gasteiger charge is -2.24. The third-order valence-corrected chi connectivity index (χ3v) is 8.01. The molecule has 2 atom stereocenters. The Labute approximate surface area is 216 Å². The first-order valence-corrected chi connectivity index (χ1v) is 13.5. The largest absolute Gasteiger partial charge is 0.453 e. The summed E-state index contributed by atoms with van der Waals surface area (Å²) in [5.41, 5.74) is 2.17. The van der Waals surface area contributed by atoms with Crippen LogP contribution in [0.3, 0.4) is 0 Å². The zero-order chi connectivity index (χ0) is 25.9. The SMILES string of the molecule is CCC(NC(C)c1ccn(S(=O)(=O)c2ccc(C)cc2)c1)c1ccc(Cl)c(Oc2ccccc2)c1F. The van der Waals surface area contributed by atoms with Crippen molar-refractivity contribution >= 4 is 21.6 Å². The minimum atomic E-state index is -3.70. The van der Waals surface area contributed by atoms with Gasteiger partial charge in [-0.15, -0.1) is 0 Å². The van der Waals surface area contributed by atoms with Gasteiger partial charge in [0.1, 0.15) is 5.75 Å². The zero-order valence-corrected chi connectivity index (χ0v) is 21.9. The third-order valence-electron chi connectivity index (χ3n) is 6.06. The van der Waals surface area contributed by atoms with Crippen LogP contribution in [0.1, 0.15) is 49.0 Å². The average Bonchev–Trinajstić information content (AvgIpc) is 3.38. The van der Waals surface area contributed by atoms with Crippen LogP contribution >= 0.6 is 11.6 Å². The lowest BCUT2D eigenvalue weighted by molar-refractivity contribution is 0.410. The van der Waals surface area contributed by atoms with Crippen molar-refractivity contribution in [1.82, 2.24) is 9.29 Å². The molecule has 0 amide bonds. The smallest absolute Gasteiger partial charge is 0.267 e. The summed E-state index contributed by atoms with van der Waals surface area (Å²) in [4.78, 5) is 0.219. The number of hydrogen-bond acceptors (Lipinski definition) is 4. The summed E-state index contributed by atoms with van der Waals surface area (Å²) in [6.07, 6.45) is 3.70. The summed E-state index contributed by atoms with van der Waals surface area (Å²) in [5, 5.41) is 3.60.